The molecule has 2 aromatic rings. The summed E-state index contributed by atoms with van der Waals surface area (Å²) in [6, 6.07) is 7.96. The number of nitrogens with zero attached hydrogens (tertiary/aromatic N) is 4. The molecule has 2 N–H and O–H groups in total. The molecule has 1 heterocycles. The molecule has 7 nitrogen and oxygen atoms in total. The predicted molar refractivity (Wildman–Crippen MR) is 131 cm³/mol. The SMILES string of the molecule is C=C(C)/N=N\C(=C/C)CCCCc1nnc(NC(=O)Cc2cccc(CNC(=C)C)c2)s1. The number of rotatable bonds is 13. The van der Waals surface area contributed by atoms with Crippen molar-refractivity contribution in [1.82, 2.24) is 15.5 Å². The van der Waals surface area contributed by atoms with Crippen molar-refractivity contribution in [2.75, 3.05) is 5.32 Å². The molecule has 170 valence electrons. The van der Waals surface area contributed by atoms with Gasteiger partial charge in [-0.2, -0.15) is 10.2 Å². The van der Waals surface area contributed by atoms with Crippen LogP contribution in [0.2, 0.25) is 0 Å². The molecule has 0 aliphatic rings. The maximum Gasteiger partial charge on any atom is 0.230 e. The Kier molecular flexibility index (Phi) is 10.5. The molecule has 1 aromatic heterocycles. The molecular formula is C24H32N6OS. The van der Waals surface area contributed by atoms with Gasteiger partial charge in [-0.05, 0) is 51.2 Å². The maximum absolute atomic E-state index is 12.4. The van der Waals surface area contributed by atoms with E-state index in [2.05, 4.69) is 44.2 Å². The summed E-state index contributed by atoms with van der Waals surface area (Å²) >= 11 is 1.42. The largest absolute Gasteiger partial charge is 0.385 e. The van der Waals surface area contributed by atoms with Gasteiger partial charge in [0.15, 0.2) is 0 Å². The quantitative estimate of drug-likeness (QED) is 0.290. The predicted octanol–water partition coefficient (Wildman–Crippen LogP) is 5.94. The number of benzene rings is 1. The average Bonchev–Trinajstić information content (AvgIpc) is 3.18. The molecule has 0 bridgehead atoms. The minimum absolute atomic E-state index is 0.0988. The number of anilines is 1. The van der Waals surface area contributed by atoms with Crippen molar-refractivity contribution in [2.45, 2.75) is 59.4 Å². The van der Waals surface area contributed by atoms with Crippen LogP contribution in [0.25, 0.3) is 0 Å². The van der Waals surface area contributed by atoms with Gasteiger partial charge in [0.05, 0.1) is 17.8 Å². The van der Waals surface area contributed by atoms with E-state index in [-0.39, 0.29) is 5.91 Å². The van der Waals surface area contributed by atoms with Crippen molar-refractivity contribution in [3.05, 3.63) is 76.7 Å². The molecule has 0 radical (unpaired) electrons. The minimum atomic E-state index is -0.0988. The summed E-state index contributed by atoms with van der Waals surface area (Å²) in [5.74, 6) is -0.0988. The van der Waals surface area contributed by atoms with Crippen LogP contribution >= 0.6 is 11.3 Å². The van der Waals surface area contributed by atoms with E-state index >= 15 is 0 Å². The van der Waals surface area contributed by atoms with Crippen molar-refractivity contribution in [3.8, 4) is 0 Å². The fourth-order valence-corrected chi connectivity index (χ4v) is 3.64. The zero-order valence-corrected chi connectivity index (χ0v) is 20.0. The van der Waals surface area contributed by atoms with Crippen molar-refractivity contribution in [1.29, 1.82) is 0 Å². The molecule has 32 heavy (non-hydrogen) atoms. The second-order valence-electron chi connectivity index (χ2n) is 7.60. The van der Waals surface area contributed by atoms with Gasteiger partial charge >= 0.3 is 0 Å². The summed E-state index contributed by atoms with van der Waals surface area (Å²) in [5.41, 5.74) is 4.63. The Balaban J connectivity index is 1.77. The Labute approximate surface area is 194 Å². The molecular weight excluding hydrogens is 420 g/mol. The Bertz CT molecular complexity index is 992. The van der Waals surface area contributed by atoms with Crippen LogP contribution in [0.15, 0.2) is 70.8 Å². The summed E-state index contributed by atoms with van der Waals surface area (Å²) < 4.78 is 0. The highest BCUT2D eigenvalue weighted by Crippen LogP contribution is 2.19. The third kappa shape index (κ3) is 9.78. The van der Waals surface area contributed by atoms with Crippen molar-refractivity contribution >= 4 is 22.4 Å². The van der Waals surface area contributed by atoms with Crippen LogP contribution in [0.3, 0.4) is 0 Å². The average molecular weight is 453 g/mol. The first kappa shape index (κ1) is 25.1. The first-order chi connectivity index (χ1) is 15.4. The molecule has 0 saturated carbocycles. The highest BCUT2D eigenvalue weighted by molar-refractivity contribution is 7.15. The molecule has 0 atom stereocenters. The third-order valence-corrected chi connectivity index (χ3v) is 5.32. The highest BCUT2D eigenvalue weighted by Gasteiger charge is 2.10. The molecule has 1 aromatic carbocycles. The summed E-state index contributed by atoms with van der Waals surface area (Å²) in [6.07, 6.45) is 5.88. The van der Waals surface area contributed by atoms with E-state index in [1.54, 1.807) is 0 Å². The van der Waals surface area contributed by atoms with Gasteiger partial charge in [0.25, 0.3) is 0 Å². The van der Waals surface area contributed by atoms with Crippen LogP contribution in [-0.4, -0.2) is 16.1 Å². The van der Waals surface area contributed by atoms with Gasteiger partial charge < -0.3 is 10.6 Å². The fourth-order valence-electron chi connectivity index (χ4n) is 2.84. The Morgan fingerprint density at radius 1 is 1.16 bits per heavy atom. The van der Waals surface area contributed by atoms with E-state index in [0.29, 0.717) is 23.8 Å². The number of aryl methyl sites for hydroxylation is 1. The number of carbonyl (C=O) groups is 1. The Morgan fingerprint density at radius 3 is 2.66 bits per heavy atom. The number of azo groups is 1. The van der Waals surface area contributed by atoms with Gasteiger partial charge in [-0.3, -0.25) is 4.79 Å². The van der Waals surface area contributed by atoms with Crippen LogP contribution in [0.4, 0.5) is 5.13 Å². The zero-order chi connectivity index (χ0) is 23.3. The van der Waals surface area contributed by atoms with E-state index in [0.717, 1.165) is 53.2 Å². The number of nitrogens with one attached hydrogen (secondary N) is 2. The lowest BCUT2D eigenvalue weighted by Crippen LogP contribution is -2.15. The second-order valence-corrected chi connectivity index (χ2v) is 8.66. The number of hydrogen-bond donors (Lipinski definition) is 2. The maximum atomic E-state index is 12.4. The van der Waals surface area contributed by atoms with E-state index in [9.17, 15) is 4.79 Å². The second kappa shape index (κ2) is 13.3. The number of amides is 1. The van der Waals surface area contributed by atoms with E-state index < -0.39 is 0 Å². The highest BCUT2D eigenvalue weighted by atomic mass is 32.1. The topological polar surface area (TPSA) is 91.6 Å². The minimum Gasteiger partial charge on any atom is -0.385 e. The number of hydrogen-bond acceptors (Lipinski definition) is 7. The van der Waals surface area contributed by atoms with Gasteiger partial charge in [-0.15, -0.1) is 10.2 Å². The summed E-state index contributed by atoms with van der Waals surface area (Å²) in [5, 5.41) is 24.0. The van der Waals surface area contributed by atoms with Gasteiger partial charge in [-0.25, -0.2) is 0 Å². The van der Waals surface area contributed by atoms with Gasteiger partial charge in [0.1, 0.15) is 5.01 Å². The summed E-state index contributed by atoms with van der Waals surface area (Å²) in [4.78, 5) is 12.4. The molecule has 1 amide bonds. The van der Waals surface area contributed by atoms with Crippen molar-refractivity contribution in [3.63, 3.8) is 0 Å². The number of allylic oxidation sites excluding steroid dienone is 4. The van der Waals surface area contributed by atoms with Crippen LogP contribution in [0, 0.1) is 0 Å². The van der Waals surface area contributed by atoms with E-state index in [1.807, 2.05) is 51.1 Å². The van der Waals surface area contributed by atoms with Crippen LogP contribution < -0.4 is 10.6 Å². The lowest BCUT2D eigenvalue weighted by molar-refractivity contribution is -0.115. The van der Waals surface area contributed by atoms with E-state index in [4.69, 9.17) is 0 Å². The van der Waals surface area contributed by atoms with Crippen LogP contribution in [0.1, 0.15) is 56.2 Å². The Hall–Kier alpha value is -3.13. The monoisotopic (exact) mass is 452 g/mol. The van der Waals surface area contributed by atoms with Gasteiger partial charge in [-0.1, -0.05) is 54.8 Å². The lowest BCUT2D eigenvalue weighted by Gasteiger charge is -2.07. The first-order valence-corrected chi connectivity index (χ1v) is 11.5. The van der Waals surface area contributed by atoms with Crippen LogP contribution in [0.5, 0.6) is 0 Å². The fraction of sp³-hybridized carbons (Fsp3) is 0.375. The Morgan fingerprint density at radius 2 is 1.94 bits per heavy atom. The van der Waals surface area contributed by atoms with E-state index in [1.165, 1.54) is 11.3 Å². The van der Waals surface area contributed by atoms with Crippen molar-refractivity contribution < 1.29 is 4.79 Å². The smallest absolute Gasteiger partial charge is 0.230 e. The lowest BCUT2D eigenvalue weighted by atomic mass is 10.1. The molecule has 0 fully saturated rings. The number of aromatic nitrogens is 2. The number of carbonyl (C=O) groups excluding carboxylic acids is 1. The molecule has 8 heteroatoms. The van der Waals surface area contributed by atoms with Crippen molar-refractivity contribution in [2.24, 2.45) is 10.2 Å². The third-order valence-electron chi connectivity index (χ3n) is 4.42. The van der Waals surface area contributed by atoms with Crippen LogP contribution in [-0.2, 0) is 24.2 Å². The normalized spacial score (nSPS) is 11.5. The molecule has 0 spiro atoms. The van der Waals surface area contributed by atoms with Gasteiger partial charge in [0, 0.05) is 18.7 Å². The molecule has 0 aliphatic heterocycles. The first-order valence-electron chi connectivity index (χ1n) is 10.7. The standard InChI is InChI=1S/C24H32N6OS/c1-6-21(28-27-18(4)5)12-7-8-13-23-29-30-24(32-23)26-22(31)15-19-10-9-11-20(14-19)16-25-17(2)3/h6,9-11,14,25H,2,4,7-8,12-13,15-16H2,1,3,5H3,(H,26,30,31)/b21-6-,28-27-. The number of unbranched alkanes of at least 4 members (excludes halogenated alkanes) is 1. The summed E-state index contributed by atoms with van der Waals surface area (Å²) in [7, 11) is 0. The molecule has 2 rings (SSSR count). The molecule has 0 aliphatic carbocycles. The molecule has 0 saturated heterocycles. The zero-order valence-electron chi connectivity index (χ0n) is 19.1. The molecule has 0 unspecified atom stereocenters. The van der Waals surface area contributed by atoms with Gasteiger partial charge in [0.2, 0.25) is 11.0 Å². The summed E-state index contributed by atoms with van der Waals surface area (Å²) in [6.45, 7) is 14.0.